The number of benzene rings is 1. The molecule has 0 saturated heterocycles. The van der Waals surface area contributed by atoms with E-state index in [1.54, 1.807) is 19.5 Å². The summed E-state index contributed by atoms with van der Waals surface area (Å²) in [6, 6.07) is 4.63. The first-order chi connectivity index (χ1) is 8.02. The van der Waals surface area contributed by atoms with E-state index in [9.17, 15) is 8.42 Å². The van der Waals surface area contributed by atoms with E-state index >= 15 is 0 Å². The molecule has 6 nitrogen and oxygen atoms in total. The summed E-state index contributed by atoms with van der Waals surface area (Å²) in [6.07, 6.45) is 1.65. The molecule has 0 saturated carbocycles. The Hall–Kier alpha value is -1.44. The quantitative estimate of drug-likeness (QED) is 0.852. The Kier molecular flexibility index (Phi) is 3.14. The summed E-state index contributed by atoms with van der Waals surface area (Å²) in [4.78, 5) is 4.20. The van der Waals surface area contributed by atoms with Crippen LogP contribution >= 0.6 is 0 Å². The molecule has 0 amide bonds. The van der Waals surface area contributed by atoms with Gasteiger partial charge in [0.1, 0.15) is 0 Å². The molecule has 2 aromatic rings. The maximum absolute atomic E-state index is 11.2. The van der Waals surface area contributed by atoms with Gasteiger partial charge in [0.05, 0.1) is 28.9 Å². The average molecular weight is 255 g/mol. The molecule has 0 fully saturated rings. The molecule has 0 radical (unpaired) electrons. The topological polar surface area (TPSA) is 87.2 Å². The van der Waals surface area contributed by atoms with Crippen LogP contribution in [0.5, 0.6) is 0 Å². The van der Waals surface area contributed by atoms with Gasteiger partial charge in [0.2, 0.25) is 10.0 Å². The van der Waals surface area contributed by atoms with Crippen LogP contribution in [-0.4, -0.2) is 31.7 Å². The van der Waals surface area contributed by atoms with Gasteiger partial charge in [-0.05, 0) is 18.2 Å². The largest absolute Gasteiger partial charge is 0.383 e. The minimum Gasteiger partial charge on any atom is -0.383 e. The third-order valence-electron chi connectivity index (χ3n) is 2.46. The highest BCUT2D eigenvalue weighted by Crippen LogP contribution is 2.17. The highest BCUT2D eigenvalue weighted by Gasteiger charge is 2.10. The van der Waals surface area contributed by atoms with Crippen LogP contribution in [0.3, 0.4) is 0 Å². The fourth-order valence-corrected chi connectivity index (χ4v) is 2.12. The molecule has 7 heteroatoms. The van der Waals surface area contributed by atoms with E-state index in [4.69, 9.17) is 9.88 Å². The van der Waals surface area contributed by atoms with Crippen LogP contribution in [0.15, 0.2) is 29.4 Å². The summed E-state index contributed by atoms with van der Waals surface area (Å²) in [5.74, 6) is 0. The molecule has 1 aromatic carbocycles. The summed E-state index contributed by atoms with van der Waals surface area (Å²) in [6.45, 7) is 1.24. The number of hydrogen-bond donors (Lipinski definition) is 1. The number of hydrogen-bond acceptors (Lipinski definition) is 4. The van der Waals surface area contributed by atoms with Crippen molar-refractivity contribution in [2.24, 2.45) is 5.14 Å². The summed E-state index contributed by atoms with van der Waals surface area (Å²) in [5, 5.41) is 5.05. The van der Waals surface area contributed by atoms with Gasteiger partial charge < -0.3 is 9.30 Å². The fourth-order valence-electron chi connectivity index (χ4n) is 1.59. The van der Waals surface area contributed by atoms with Crippen LogP contribution in [0, 0.1) is 0 Å². The van der Waals surface area contributed by atoms with Crippen molar-refractivity contribution in [3.8, 4) is 0 Å². The highest BCUT2D eigenvalue weighted by molar-refractivity contribution is 7.89. The third-order valence-corrected chi connectivity index (χ3v) is 3.37. The molecule has 2 N–H and O–H groups in total. The molecule has 0 unspecified atom stereocenters. The standard InChI is InChI=1S/C10H13N3O3S/c1-16-5-4-13-7-12-9-6-8(17(11,14)15)2-3-10(9)13/h2-3,6-7H,4-5H2,1H3,(H2,11,14,15). The van der Waals surface area contributed by atoms with E-state index in [0.717, 1.165) is 5.52 Å². The van der Waals surface area contributed by atoms with Gasteiger partial charge in [-0.25, -0.2) is 18.5 Å². The van der Waals surface area contributed by atoms with E-state index < -0.39 is 10.0 Å². The van der Waals surface area contributed by atoms with E-state index in [0.29, 0.717) is 18.7 Å². The summed E-state index contributed by atoms with van der Waals surface area (Å²) in [7, 11) is -2.05. The van der Waals surface area contributed by atoms with Crippen molar-refractivity contribution in [3.05, 3.63) is 24.5 Å². The Balaban J connectivity index is 2.45. The number of aromatic nitrogens is 2. The van der Waals surface area contributed by atoms with Crippen LogP contribution in [0.25, 0.3) is 11.0 Å². The van der Waals surface area contributed by atoms with Crippen molar-refractivity contribution in [1.82, 2.24) is 9.55 Å². The molecule has 17 heavy (non-hydrogen) atoms. The van der Waals surface area contributed by atoms with Crippen LogP contribution < -0.4 is 5.14 Å². The van der Waals surface area contributed by atoms with Gasteiger partial charge in [0.15, 0.2) is 0 Å². The van der Waals surface area contributed by atoms with Gasteiger partial charge in [-0.2, -0.15) is 0 Å². The molecule has 1 heterocycles. The van der Waals surface area contributed by atoms with Crippen molar-refractivity contribution >= 4 is 21.1 Å². The van der Waals surface area contributed by atoms with Crippen LogP contribution in [0.1, 0.15) is 0 Å². The number of methoxy groups -OCH3 is 1. The molecule has 0 bridgehead atoms. The van der Waals surface area contributed by atoms with Gasteiger partial charge in [0, 0.05) is 13.7 Å². The van der Waals surface area contributed by atoms with E-state index in [1.165, 1.54) is 12.1 Å². The summed E-state index contributed by atoms with van der Waals surface area (Å²) in [5.41, 5.74) is 1.46. The monoisotopic (exact) mass is 255 g/mol. The lowest BCUT2D eigenvalue weighted by Crippen LogP contribution is -2.11. The first kappa shape index (κ1) is 12.0. The normalized spacial score (nSPS) is 12.1. The zero-order valence-electron chi connectivity index (χ0n) is 9.33. The number of nitrogens with zero attached hydrogens (tertiary/aromatic N) is 2. The number of nitrogens with two attached hydrogens (primary N) is 1. The average Bonchev–Trinajstić information content (AvgIpc) is 2.67. The molecule has 0 spiro atoms. The summed E-state index contributed by atoms with van der Waals surface area (Å²) < 4.78 is 29.2. The van der Waals surface area contributed by atoms with E-state index in [2.05, 4.69) is 4.98 Å². The Bertz CT molecular complexity index is 633. The molecule has 0 aliphatic heterocycles. The summed E-state index contributed by atoms with van der Waals surface area (Å²) >= 11 is 0. The fraction of sp³-hybridized carbons (Fsp3) is 0.300. The molecular formula is C10H13N3O3S. The lowest BCUT2D eigenvalue weighted by molar-refractivity contribution is 0.188. The zero-order valence-corrected chi connectivity index (χ0v) is 10.1. The molecule has 0 aliphatic carbocycles. The minimum atomic E-state index is -3.68. The second kappa shape index (κ2) is 4.44. The molecule has 1 aromatic heterocycles. The Labute approximate surface area is 99.1 Å². The number of fused-ring (bicyclic) bond motifs is 1. The van der Waals surface area contributed by atoms with Crippen molar-refractivity contribution in [2.45, 2.75) is 11.4 Å². The Morgan fingerprint density at radius 2 is 2.24 bits per heavy atom. The lowest BCUT2D eigenvalue weighted by atomic mass is 10.3. The molecule has 2 rings (SSSR count). The van der Waals surface area contributed by atoms with Crippen molar-refractivity contribution in [3.63, 3.8) is 0 Å². The molecule has 0 aliphatic rings. The van der Waals surface area contributed by atoms with Gasteiger partial charge in [0.25, 0.3) is 0 Å². The van der Waals surface area contributed by atoms with Gasteiger partial charge in [-0.3, -0.25) is 0 Å². The second-order valence-corrected chi connectivity index (χ2v) is 5.19. The van der Waals surface area contributed by atoms with Gasteiger partial charge >= 0.3 is 0 Å². The number of sulfonamides is 1. The third kappa shape index (κ3) is 2.46. The molecular weight excluding hydrogens is 242 g/mol. The number of ether oxygens (including phenoxy) is 1. The predicted octanol–water partition coefficient (Wildman–Crippen LogP) is 0.330. The Morgan fingerprint density at radius 1 is 1.47 bits per heavy atom. The van der Waals surface area contributed by atoms with Crippen molar-refractivity contribution in [2.75, 3.05) is 13.7 Å². The molecule has 92 valence electrons. The first-order valence-electron chi connectivity index (χ1n) is 4.99. The van der Waals surface area contributed by atoms with Crippen LogP contribution in [-0.2, 0) is 21.3 Å². The van der Waals surface area contributed by atoms with Crippen molar-refractivity contribution in [1.29, 1.82) is 0 Å². The number of primary sulfonamides is 1. The number of rotatable bonds is 4. The van der Waals surface area contributed by atoms with Gasteiger partial charge in [-0.15, -0.1) is 0 Å². The van der Waals surface area contributed by atoms with E-state index in [-0.39, 0.29) is 4.90 Å². The SMILES string of the molecule is COCCn1cnc2cc(S(N)(=O)=O)ccc21. The van der Waals surface area contributed by atoms with Gasteiger partial charge in [-0.1, -0.05) is 0 Å². The molecule has 0 atom stereocenters. The smallest absolute Gasteiger partial charge is 0.238 e. The maximum Gasteiger partial charge on any atom is 0.238 e. The second-order valence-electron chi connectivity index (χ2n) is 3.63. The maximum atomic E-state index is 11.2. The van der Waals surface area contributed by atoms with Crippen molar-refractivity contribution < 1.29 is 13.2 Å². The zero-order chi connectivity index (χ0) is 12.5. The predicted molar refractivity (Wildman–Crippen MR) is 63.0 cm³/mol. The lowest BCUT2D eigenvalue weighted by Gasteiger charge is -2.03. The van der Waals surface area contributed by atoms with Crippen LogP contribution in [0.4, 0.5) is 0 Å². The van der Waals surface area contributed by atoms with E-state index in [1.807, 2.05) is 4.57 Å². The first-order valence-corrected chi connectivity index (χ1v) is 6.53. The minimum absolute atomic E-state index is 0.0713. The Morgan fingerprint density at radius 3 is 2.88 bits per heavy atom. The van der Waals surface area contributed by atoms with Crippen LogP contribution in [0.2, 0.25) is 0 Å². The number of imidazole rings is 1. The highest BCUT2D eigenvalue weighted by atomic mass is 32.2.